The summed E-state index contributed by atoms with van der Waals surface area (Å²) in [6.07, 6.45) is -2.05. The van der Waals surface area contributed by atoms with E-state index in [-0.39, 0.29) is 5.91 Å². The minimum Gasteiger partial charge on any atom is -0.377 e. The summed E-state index contributed by atoms with van der Waals surface area (Å²) in [5.74, 6) is -0.0999. The van der Waals surface area contributed by atoms with Crippen molar-refractivity contribution in [1.82, 2.24) is 0 Å². The second-order valence-corrected chi connectivity index (χ2v) is 4.15. The van der Waals surface area contributed by atoms with Gasteiger partial charge in [-0.05, 0) is 31.5 Å². The van der Waals surface area contributed by atoms with Gasteiger partial charge in [0, 0.05) is 17.8 Å². The Morgan fingerprint density at radius 1 is 1.33 bits per heavy atom. The lowest BCUT2D eigenvalue weighted by Gasteiger charge is -2.18. The molecule has 0 radical (unpaired) electrons. The second kappa shape index (κ2) is 6.33. The largest absolute Gasteiger partial charge is 0.377 e. The molecule has 0 fully saturated rings. The summed E-state index contributed by atoms with van der Waals surface area (Å²) in [7, 11) is 0. The van der Waals surface area contributed by atoms with Gasteiger partial charge in [0.2, 0.25) is 5.91 Å². The lowest BCUT2D eigenvalue weighted by atomic mass is 10.1. The molecule has 18 heavy (non-hydrogen) atoms. The zero-order valence-corrected chi connectivity index (χ0v) is 10.8. The van der Waals surface area contributed by atoms with Crippen molar-refractivity contribution in [1.29, 1.82) is 0 Å². The van der Waals surface area contributed by atoms with E-state index in [9.17, 15) is 13.6 Å². The van der Waals surface area contributed by atoms with Gasteiger partial charge in [0.1, 0.15) is 0 Å². The van der Waals surface area contributed by atoms with E-state index < -0.39 is 12.5 Å². The molecule has 0 saturated heterocycles. The molecule has 100 valence electrons. The van der Waals surface area contributed by atoms with Crippen LogP contribution in [0.1, 0.15) is 25.8 Å². The van der Waals surface area contributed by atoms with Crippen LogP contribution in [0.3, 0.4) is 0 Å². The van der Waals surface area contributed by atoms with E-state index in [1.54, 1.807) is 32.0 Å². The molecule has 5 heteroatoms. The summed E-state index contributed by atoms with van der Waals surface area (Å²) < 4.78 is 25.0. The number of alkyl halides is 2. The number of anilines is 2. The van der Waals surface area contributed by atoms with Crippen molar-refractivity contribution in [3.05, 3.63) is 23.8 Å². The number of benzene rings is 1. The Hall–Kier alpha value is -1.65. The predicted molar refractivity (Wildman–Crippen MR) is 69.2 cm³/mol. The van der Waals surface area contributed by atoms with Crippen LogP contribution in [0.5, 0.6) is 0 Å². The van der Waals surface area contributed by atoms with Crippen LogP contribution in [0, 0.1) is 6.92 Å². The average Bonchev–Trinajstić information content (AvgIpc) is 2.33. The number of carbonyl (C=O) groups is 1. The average molecular weight is 256 g/mol. The Morgan fingerprint density at radius 2 is 1.94 bits per heavy atom. The lowest BCUT2D eigenvalue weighted by Crippen LogP contribution is -2.24. The number of carbonyl (C=O) groups excluding carboxylic acids is 1. The van der Waals surface area contributed by atoms with Gasteiger partial charge in [-0.15, -0.1) is 0 Å². The molecule has 2 N–H and O–H groups in total. The van der Waals surface area contributed by atoms with Crippen LogP contribution in [-0.2, 0) is 4.79 Å². The number of hydrogen-bond acceptors (Lipinski definition) is 2. The van der Waals surface area contributed by atoms with Crippen LogP contribution in [0.4, 0.5) is 20.2 Å². The molecule has 0 bridgehead atoms. The van der Waals surface area contributed by atoms with Gasteiger partial charge in [0.05, 0.1) is 6.04 Å². The van der Waals surface area contributed by atoms with Crippen molar-refractivity contribution >= 4 is 17.3 Å². The molecular weight excluding hydrogens is 238 g/mol. The molecule has 1 aromatic carbocycles. The van der Waals surface area contributed by atoms with Crippen molar-refractivity contribution in [2.75, 3.05) is 10.6 Å². The standard InChI is InChI=1S/C13H18F2N2O/c1-4-12(18)17-11-7-5-6-10(8(11)2)16-9(3)13(14)15/h5-7,9,13,16H,4H2,1-3H3,(H,17,18). The molecule has 0 aliphatic carbocycles. The highest BCUT2D eigenvalue weighted by atomic mass is 19.3. The smallest absolute Gasteiger partial charge is 0.258 e. The van der Waals surface area contributed by atoms with E-state index >= 15 is 0 Å². The normalized spacial score (nSPS) is 12.3. The van der Waals surface area contributed by atoms with Crippen molar-refractivity contribution in [2.24, 2.45) is 0 Å². The summed E-state index contributed by atoms with van der Waals surface area (Å²) in [6.45, 7) is 4.96. The van der Waals surface area contributed by atoms with E-state index in [4.69, 9.17) is 0 Å². The first-order valence-corrected chi connectivity index (χ1v) is 5.89. The number of nitrogens with one attached hydrogen (secondary N) is 2. The quantitative estimate of drug-likeness (QED) is 0.847. The fraction of sp³-hybridized carbons (Fsp3) is 0.462. The maximum atomic E-state index is 12.5. The topological polar surface area (TPSA) is 41.1 Å². The third kappa shape index (κ3) is 3.68. The van der Waals surface area contributed by atoms with Crippen LogP contribution in [-0.4, -0.2) is 18.4 Å². The highest BCUT2D eigenvalue weighted by Gasteiger charge is 2.15. The second-order valence-electron chi connectivity index (χ2n) is 4.15. The van der Waals surface area contributed by atoms with Gasteiger partial charge in [-0.2, -0.15) is 0 Å². The molecule has 1 rings (SSSR count). The first-order valence-electron chi connectivity index (χ1n) is 5.89. The molecular formula is C13H18F2N2O. The van der Waals surface area contributed by atoms with Gasteiger partial charge >= 0.3 is 0 Å². The first-order chi connectivity index (χ1) is 8.45. The van der Waals surface area contributed by atoms with E-state index in [0.717, 1.165) is 5.56 Å². The number of halogens is 2. The van der Waals surface area contributed by atoms with Crippen molar-refractivity contribution in [2.45, 2.75) is 39.7 Å². The highest BCUT2D eigenvalue weighted by Crippen LogP contribution is 2.24. The molecule has 3 nitrogen and oxygen atoms in total. The Morgan fingerprint density at radius 3 is 2.50 bits per heavy atom. The van der Waals surface area contributed by atoms with E-state index in [1.807, 2.05) is 0 Å². The Bertz CT molecular complexity index is 421. The van der Waals surface area contributed by atoms with Crippen LogP contribution in [0.25, 0.3) is 0 Å². The predicted octanol–water partition coefficient (Wildman–Crippen LogP) is 3.41. The molecule has 0 aromatic heterocycles. The zero-order chi connectivity index (χ0) is 13.7. The summed E-state index contributed by atoms with van der Waals surface area (Å²) in [5, 5.41) is 5.48. The lowest BCUT2D eigenvalue weighted by molar-refractivity contribution is -0.115. The van der Waals surface area contributed by atoms with E-state index in [2.05, 4.69) is 10.6 Å². The maximum Gasteiger partial charge on any atom is 0.258 e. The number of hydrogen-bond donors (Lipinski definition) is 2. The van der Waals surface area contributed by atoms with Gasteiger partial charge < -0.3 is 10.6 Å². The zero-order valence-electron chi connectivity index (χ0n) is 10.8. The summed E-state index contributed by atoms with van der Waals surface area (Å²) in [4.78, 5) is 11.3. The molecule has 1 amide bonds. The minimum atomic E-state index is -2.43. The molecule has 0 aliphatic heterocycles. The van der Waals surface area contributed by atoms with Crippen LogP contribution in [0.2, 0.25) is 0 Å². The van der Waals surface area contributed by atoms with E-state index in [0.29, 0.717) is 17.8 Å². The van der Waals surface area contributed by atoms with E-state index in [1.165, 1.54) is 6.92 Å². The third-order valence-electron chi connectivity index (χ3n) is 2.69. The highest BCUT2D eigenvalue weighted by molar-refractivity contribution is 5.92. The molecule has 0 heterocycles. The molecule has 1 atom stereocenters. The van der Waals surface area contributed by atoms with Gasteiger partial charge in [-0.1, -0.05) is 13.0 Å². The van der Waals surface area contributed by atoms with Crippen LogP contribution >= 0.6 is 0 Å². The summed E-state index contributed by atoms with van der Waals surface area (Å²) >= 11 is 0. The third-order valence-corrected chi connectivity index (χ3v) is 2.69. The number of amides is 1. The monoisotopic (exact) mass is 256 g/mol. The Kier molecular flexibility index (Phi) is 5.07. The molecule has 1 unspecified atom stereocenters. The van der Waals surface area contributed by atoms with Crippen molar-refractivity contribution in [3.63, 3.8) is 0 Å². The van der Waals surface area contributed by atoms with Crippen molar-refractivity contribution in [3.8, 4) is 0 Å². The molecule has 1 aromatic rings. The van der Waals surface area contributed by atoms with Gasteiger partial charge in [0.15, 0.2) is 0 Å². The number of rotatable bonds is 5. The first kappa shape index (κ1) is 14.4. The van der Waals surface area contributed by atoms with Crippen LogP contribution < -0.4 is 10.6 Å². The molecule has 0 spiro atoms. The van der Waals surface area contributed by atoms with Gasteiger partial charge in [-0.25, -0.2) is 8.78 Å². The molecule has 0 saturated carbocycles. The van der Waals surface area contributed by atoms with Gasteiger partial charge in [-0.3, -0.25) is 4.79 Å². The van der Waals surface area contributed by atoms with Crippen LogP contribution in [0.15, 0.2) is 18.2 Å². The van der Waals surface area contributed by atoms with Crippen molar-refractivity contribution < 1.29 is 13.6 Å². The summed E-state index contributed by atoms with van der Waals surface area (Å²) in [5.41, 5.74) is 2.01. The molecule has 0 aliphatic rings. The SMILES string of the molecule is CCC(=O)Nc1cccc(NC(C)C(F)F)c1C. The fourth-order valence-corrected chi connectivity index (χ4v) is 1.47. The van der Waals surface area contributed by atoms with Gasteiger partial charge in [0.25, 0.3) is 6.43 Å². The Balaban J connectivity index is 2.88. The fourth-order valence-electron chi connectivity index (χ4n) is 1.47. The summed E-state index contributed by atoms with van der Waals surface area (Å²) in [6, 6.07) is 4.26. The Labute approximate surface area is 106 Å². The minimum absolute atomic E-state index is 0.0999. The maximum absolute atomic E-state index is 12.5.